The van der Waals surface area contributed by atoms with Crippen molar-refractivity contribution in [1.29, 1.82) is 0 Å². The van der Waals surface area contributed by atoms with Gasteiger partial charge in [0, 0.05) is 31.6 Å². The van der Waals surface area contributed by atoms with Gasteiger partial charge < -0.3 is 14.9 Å². The minimum atomic E-state index is -0.275. The number of nitrogens with zero attached hydrogens (tertiary/aromatic N) is 4. The molecule has 6 heteroatoms. The molecule has 0 saturated carbocycles. The summed E-state index contributed by atoms with van der Waals surface area (Å²) in [6.45, 7) is 3.69. The molecular formula is C14H23BrN4O. The fourth-order valence-electron chi connectivity index (χ4n) is 2.70. The van der Waals surface area contributed by atoms with Crippen molar-refractivity contribution in [3.8, 4) is 0 Å². The summed E-state index contributed by atoms with van der Waals surface area (Å²) >= 11 is 3.47. The van der Waals surface area contributed by atoms with Crippen molar-refractivity contribution in [3.63, 3.8) is 0 Å². The molecule has 0 spiro atoms. The molecule has 0 radical (unpaired) electrons. The summed E-state index contributed by atoms with van der Waals surface area (Å²) in [4.78, 5) is 13.4. The Morgan fingerprint density at radius 3 is 2.85 bits per heavy atom. The van der Waals surface area contributed by atoms with Gasteiger partial charge in [0.05, 0.1) is 6.10 Å². The number of β-amino-alcohol motifs (C(OH)–C–C–N with tert-alkyl or cyclic N) is 1. The molecule has 112 valence electrons. The van der Waals surface area contributed by atoms with E-state index < -0.39 is 0 Å². The van der Waals surface area contributed by atoms with Gasteiger partial charge in [0.15, 0.2) is 0 Å². The lowest BCUT2D eigenvalue weighted by Gasteiger charge is -2.28. The van der Waals surface area contributed by atoms with Crippen LogP contribution in [0.15, 0.2) is 10.7 Å². The van der Waals surface area contributed by atoms with Crippen LogP contribution in [0.3, 0.4) is 0 Å². The SMILES string of the molecule is CCCc1nc(Br)cc(N2CC(O)CC2CN(C)C)n1. The normalized spacial score (nSPS) is 22.8. The number of likely N-dealkylation sites (N-methyl/N-ethyl adjacent to an activating group) is 1. The fourth-order valence-corrected chi connectivity index (χ4v) is 3.11. The van der Waals surface area contributed by atoms with Crippen LogP contribution < -0.4 is 4.90 Å². The van der Waals surface area contributed by atoms with Gasteiger partial charge in [0.2, 0.25) is 0 Å². The van der Waals surface area contributed by atoms with Crippen LogP contribution in [0.1, 0.15) is 25.6 Å². The standard InChI is InChI=1S/C14H23BrN4O/c1-4-5-13-16-12(15)7-14(17-13)19-9-11(20)6-10(19)8-18(2)3/h7,10-11,20H,4-6,8-9H2,1-3H3. The fraction of sp³-hybridized carbons (Fsp3) is 0.714. The molecule has 0 bridgehead atoms. The van der Waals surface area contributed by atoms with Gasteiger partial charge in [-0.3, -0.25) is 0 Å². The maximum Gasteiger partial charge on any atom is 0.133 e. The highest BCUT2D eigenvalue weighted by atomic mass is 79.9. The van der Waals surface area contributed by atoms with E-state index in [0.717, 1.165) is 42.1 Å². The molecule has 2 atom stereocenters. The number of halogens is 1. The van der Waals surface area contributed by atoms with Crippen LogP contribution in [0, 0.1) is 0 Å². The Labute approximate surface area is 129 Å². The van der Waals surface area contributed by atoms with E-state index in [4.69, 9.17) is 0 Å². The van der Waals surface area contributed by atoms with Gasteiger partial charge in [-0.2, -0.15) is 0 Å². The predicted molar refractivity (Wildman–Crippen MR) is 84.0 cm³/mol. The highest BCUT2D eigenvalue weighted by Crippen LogP contribution is 2.26. The van der Waals surface area contributed by atoms with Crippen LogP contribution in [0.4, 0.5) is 5.82 Å². The molecule has 1 saturated heterocycles. The first-order chi connectivity index (χ1) is 9.49. The molecule has 1 aromatic rings. The zero-order chi connectivity index (χ0) is 14.7. The summed E-state index contributed by atoms with van der Waals surface area (Å²) < 4.78 is 0.816. The Balaban J connectivity index is 2.23. The smallest absolute Gasteiger partial charge is 0.133 e. The van der Waals surface area contributed by atoms with Gasteiger partial charge in [-0.15, -0.1) is 0 Å². The van der Waals surface area contributed by atoms with Crippen LogP contribution >= 0.6 is 15.9 Å². The van der Waals surface area contributed by atoms with E-state index in [1.54, 1.807) is 0 Å². The van der Waals surface area contributed by atoms with Gasteiger partial charge in [-0.1, -0.05) is 6.92 Å². The largest absolute Gasteiger partial charge is 0.391 e. The third-order valence-corrected chi connectivity index (χ3v) is 3.87. The minimum Gasteiger partial charge on any atom is -0.391 e. The van der Waals surface area contributed by atoms with Gasteiger partial charge in [-0.25, -0.2) is 9.97 Å². The second kappa shape index (κ2) is 6.83. The summed E-state index contributed by atoms with van der Waals surface area (Å²) in [5, 5.41) is 9.97. The molecule has 0 aromatic carbocycles. The number of hydrogen-bond acceptors (Lipinski definition) is 5. The average Bonchev–Trinajstić information content (AvgIpc) is 2.69. The summed E-state index contributed by atoms with van der Waals surface area (Å²) in [7, 11) is 4.11. The summed E-state index contributed by atoms with van der Waals surface area (Å²) in [6, 6.07) is 2.25. The molecule has 1 aliphatic heterocycles. The number of anilines is 1. The zero-order valence-corrected chi connectivity index (χ0v) is 14.0. The number of rotatable bonds is 5. The maximum absolute atomic E-state index is 9.97. The third-order valence-electron chi connectivity index (χ3n) is 3.46. The highest BCUT2D eigenvalue weighted by molar-refractivity contribution is 9.10. The molecule has 1 aliphatic rings. The van der Waals surface area contributed by atoms with Crippen LogP contribution in [0.25, 0.3) is 0 Å². The van der Waals surface area contributed by atoms with Crippen LogP contribution in [-0.4, -0.2) is 59.3 Å². The first-order valence-corrected chi connectivity index (χ1v) is 7.91. The summed E-state index contributed by atoms with van der Waals surface area (Å²) in [5.74, 6) is 1.78. The second-order valence-electron chi connectivity index (χ2n) is 5.67. The molecular weight excluding hydrogens is 320 g/mol. The Morgan fingerprint density at radius 2 is 2.20 bits per heavy atom. The van der Waals surface area contributed by atoms with Crippen molar-refractivity contribution in [2.45, 2.75) is 38.3 Å². The van der Waals surface area contributed by atoms with Crippen LogP contribution in [-0.2, 0) is 6.42 Å². The van der Waals surface area contributed by atoms with Gasteiger partial charge >= 0.3 is 0 Å². The summed E-state index contributed by atoms with van der Waals surface area (Å²) in [5.41, 5.74) is 0. The molecule has 5 nitrogen and oxygen atoms in total. The molecule has 2 heterocycles. The molecule has 20 heavy (non-hydrogen) atoms. The van der Waals surface area contributed by atoms with E-state index in [2.05, 4.69) is 56.7 Å². The Hall–Kier alpha value is -0.720. The Morgan fingerprint density at radius 1 is 1.45 bits per heavy atom. The highest BCUT2D eigenvalue weighted by Gasteiger charge is 2.32. The topological polar surface area (TPSA) is 52.5 Å². The molecule has 0 aliphatic carbocycles. The van der Waals surface area contributed by atoms with Crippen molar-refractivity contribution in [2.24, 2.45) is 0 Å². The van der Waals surface area contributed by atoms with E-state index in [0.29, 0.717) is 12.6 Å². The van der Waals surface area contributed by atoms with E-state index >= 15 is 0 Å². The molecule has 2 unspecified atom stereocenters. The monoisotopic (exact) mass is 342 g/mol. The Bertz CT molecular complexity index is 455. The molecule has 2 rings (SSSR count). The van der Waals surface area contributed by atoms with Crippen molar-refractivity contribution in [2.75, 3.05) is 32.1 Å². The zero-order valence-electron chi connectivity index (χ0n) is 12.4. The van der Waals surface area contributed by atoms with E-state index in [-0.39, 0.29) is 6.10 Å². The second-order valence-corrected chi connectivity index (χ2v) is 6.49. The third kappa shape index (κ3) is 3.90. The lowest BCUT2D eigenvalue weighted by molar-refractivity contribution is 0.191. The van der Waals surface area contributed by atoms with E-state index in [1.165, 1.54) is 0 Å². The Kier molecular flexibility index (Phi) is 5.35. The lowest BCUT2D eigenvalue weighted by Crippen LogP contribution is -2.38. The number of aliphatic hydroxyl groups is 1. The predicted octanol–water partition coefficient (Wildman–Crippen LogP) is 1.69. The number of hydrogen-bond donors (Lipinski definition) is 1. The first-order valence-electron chi connectivity index (χ1n) is 7.12. The molecule has 1 N–H and O–H groups in total. The van der Waals surface area contributed by atoms with Crippen molar-refractivity contribution >= 4 is 21.7 Å². The molecule has 1 aromatic heterocycles. The maximum atomic E-state index is 9.97. The molecule has 1 fully saturated rings. The minimum absolute atomic E-state index is 0.275. The summed E-state index contributed by atoms with van der Waals surface area (Å²) in [6.07, 6.45) is 2.42. The first kappa shape index (κ1) is 15.7. The van der Waals surface area contributed by atoms with Crippen molar-refractivity contribution in [3.05, 3.63) is 16.5 Å². The van der Waals surface area contributed by atoms with Gasteiger partial charge in [0.25, 0.3) is 0 Å². The van der Waals surface area contributed by atoms with Crippen LogP contribution in [0.5, 0.6) is 0 Å². The average molecular weight is 343 g/mol. The van der Waals surface area contributed by atoms with E-state index in [1.807, 2.05) is 6.07 Å². The quantitative estimate of drug-likeness (QED) is 0.825. The van der Waals surface area contributed by atoms with Crippen molar-refractivity contribution < 1.29 is 5.11 Å². The van der Waals surface area contributed by atoms with Crippen LogP contribution in [0.2, 0.25) is 0 Å². The molecule has 0 amide bonds. The van der Waals surface area contributed by atoms with Crippen molar-refractivity contribution in [1.82, 2.24) is 14.9 Å². The van der Waals surface area contributed by atoms with Gasteiger partial charge in [0.1, 0.15) is 16.2 Å². The lowest BCUT2D eigenvalue weighted by atomic mass is 10.2. The number of aromatic nitrogens is 2. The number of aryl methyl sites for hydroxylation is 1. The number of aliphatic hydroxyl groups excluding tert-OH is 1. The van der Waals surface area contributed by atoms with E-state index in [9.17, 15) is 5.11 Å². The van der Waals surface area contributed by atoms with Gasteiger partial charge in [-0.05, 0) is 42.9 Å².